The molecule has 0 spiro atoms. The zero-order valence-corrected chi connectivity index (χ0v) is 8.24. The first-order valence-corrected chi connectivity index (χ1v) is 4.41. The Balaban J connectivity index is 2.87. The molecular formula is C11H12N2O. The van der Waals surface area contributed by atoms with Gasteiger partial charge in [-0.1, -0.05) is 12.1 Å². The van der Waals surface area contributed by atoms with E-state index in [4.69, 9.17) is 5.26 Å². The number of carbonyl (C=O) groups is 1. The van der Waals surface area contributed by atoms with E-state index in [1.54, 1.807) is 25.1 Å². The molecule has 1 atom stereocenters. The predicted octanol–water partition coefficient (Wildman–Crippen LogP) is 1.95. The highest BCUT2D eigenvalue weighted by molar-refractivity contribution is 5.84. The summed E-state index contributed by atoms with van der Waals surface area (Å²) < 4.78 is 0. The third kappa shape index (κ3) is 2.33. The number of Topliss-reactive ketones (excluding diaryl/α,β-unsaturated/α-hetero) is 1. The number of ketones is 1. The molecule has 1 unspecified atom stereocenters. The number of nitrogens with zero attached hydrogens (tertiary/aromatic N) is 1. The largest absolute Gasteiger partial charge is 0.374 e. The molecule has 72 valence electrons. The van der Waals surface area contributed by atoms with Crippen LogP contribution in [0.3, 0.4) is 0 Å². The van der Waals surface area contributed by atoms with Gasteiger partial charge in [0.15, 0.2) is 5.78 Å². The van der Waals surface area contributed by atoms with Crippen LogP contribution in [0.25, 0.3) is 0 Å². The van der Waals surface area contributed by atoms with Gasteiger partial charge >= 0.3 is 0 Å². The van der Waals surface area contributed by atoms with Gasteiger partial charge in [0.2, 0.25) is 0 Å². The Morgan fingerprint density at radius 1 is 1.50 bits per heavy atom. The Morgan fingerprint density at radius 2 is 2.14 bits per heavy atom. The molecule has 14 heavy (non-hydrogen) atoms. The SMILES string of the molecule is CC(=O)C(C)Nc1ccccc1C#N. The van der Waals surface area contributed by atoms with Crippen molar-refractivity contribution in [3.05, 3.63) is 29.8 Å². The van der Waals surface area contributed by atoms with Gasteiger partial charge in [0, 0.05) is 0 Å². The van der Waals surface area contributed by atoms with Crippen LogP contribution in [-0.4, -0.2) is 11.8 Å². The van der Waals surface area contributed by atoms with E-state index in [2.05, 4.69) is 11.4 Å². The first-order chi connectivity index (χ1) is 6.65. The van der Waals surface area contributed by atoms with Crippen molar-refractivity contribution in [1.29, 1.82) is 5.26 Å². The molecule has 0 fully saturated rings. The molecule has 0 radical (unpaired) electrons. The van der Waals surface area contributed by atoms with Crippen molar-refractivity contribution in [2.45, 2.75) is 19.9 Å². The third-order valence-electron chi connectivity index (χ3n) is 2.03. The molecule has 3 heteroatoms. The van der Waals surface area contributed by atoms with Crippen molar-refractivity contribution in [1.82, 2.24) is 0 Å². The van der Waals surface area contributed by atoms with Gasteiger partial charge in [-0.2, -0.15) is 5.26 Å². The summed E-state index contributed by atoms with van der Waals surface area (Å²) in [5, 5.41) is 11.8. The van der Waals surface area contributed by atoms with Crippen LogP contribution in [0.4, 0.5) is 5.69 Å². The Labute approximate surface area is 83.4 Å². The summed E-state index contributed by atoms with van der Waals surface area (Å²) in [6, 6.07) is 8.94. The Hall–Kier alpha value is -1.82. The summed E-state index contributed by atoms with van der Waals surface area (Å²) in [6.45, 7) is 3.29. The lowest BCUT2D eigenvalue weighted by Crippen LogP contribution is -2.23. The molecule has 0 aliphatic heterocycles. The fourth-order valence-corrected chi connectivity index (χ4v) is 1.04. The zero-order valence-electron chi connectivity index (χ0n) is 8.24. The minimum atomic E-state index is -0.260. The Kier molecular flexibility index (Phi) is 3.24. The van der Waals surface area contributed by atoms with Gasteiger partial charge in [-0.05, 0) is 26.0 Å². The molecule has 0 heterocycles. The van der Waals surface area contributed by atoms with Crippen molar-refractivity contribution in [2.24, 2.45) is 0 Å². The van der Waals surface area contributed by atoms with Gasteiger partial charge < -0.3 is 5.32 Å². The highest BCUT2D eigenvalue weighted by atomic mass is 16.1. The van der Waals surface area contributed by atoms with Gasteiger partial charge in [0.05, 0.1) is 17.3 Å². The Morgan fingerprint density at radius 3 is 2.71 bits per heavy atom. The van der Waals surface area contributed by atoms with Crippen LogP contribution in [-0.2, 0) is 4.79 Å². The number of nitriles is 1. The lowest BCUT2D eigenvalue weighted by molar-refractivity contribution is -0.117. The van der Waals surface area contributed by atoms with Crippen LogP contribution in [0.5, 0.6) is 0 Å². The first kappa shape index (κ1) is 10.3. The van der Waals surface area contributed by atoms with Crippen LogP contribution in [0.15, 0.2) is 24.3 Å². The molecule has 0 amide bonds. The fraction of sp³-hybridized carbons (Fsp3) is 0.273. The molecule has 1 N–H and O–H groups in total. The van der Waals surface area contributed by atoms with Gasteiger partial charge in [-0.25, -0.2) is 0 Å². The fourth-order valence-electron chi connectivity index (χ4n) is 1.04. The van der Waals surface area contributed by atoms with E-state index >= 15 is 0 Å². The standard InChI is InChI=1S/C11H12N2O/c1-8(9(2)14)13-11-6-4-3-5-10(11)7-12/h3-6,8,13H,1-2H3. The van der Waals surface area contributed by atoms with Crippen LogP contribution in [0, 0.1) is 11.3 Å². The minimum absolute atomic E-state index is 0.0535. The lowest BCUT2D eigenvalue weighted by atomic mass is 10.1. The van der Waals surface area contributed by atoms with Gasteiger partial charge in [0.25, 0.3) is 0 Å². The third-order valence-corrected chi connectivity index (χ3v) is 2.03. The van der Waals surface area contributed by atoms with Crippen molar-refractivity contribution in [2.75, 3.05) is 5.32 Å². The number of rotatable bonds is 3. The smallest absolute Gasteiger partial charge is 0.151 e. The summed E-state index contributed by atoms with van der Waals surface area (Å²) in [4.78, 5) is 11.0. The molecular weight excluding hydrogens is 176 g/mol. The number of para-hydroxylation sites is 1. The molecule has 0 aliphatic rings. The summed E-state index contributed by atoms with van der Waals surface area (Å²) in [5.74, 6) is 0.0535. The number of anilines is 1. The lowest BCUT2D eigenvalue weighted by Gasteiger charge is -2.12. The quantitative estimate of drug-likeness (QED) is 0.788. The number of hydrogen-bond donors (Lipinski definition) is 1. The highest BCUT2D eigenvalue weighted by Crippen LogP contribution is 2.14. The second kappa shape index (κ2) is 4.43. The number of carbonyl (C=O) groups excluding carboxylic acids is 1. The topological polar surface area (TPSA) is 52.9 Å². The number of benzene rings is 1. The van der Waals surface area contributed by atoms with Crippen LogP contribution in [0.1, 0.15) is 19.4 Å². The van der Waals surface area contributed by atoms with Gasteiger partial charge in [-0.3, -0.25) is 4.79 Å². The Bertz CT molecular complexity index is 379. The van der Waals surface area contributed by atoms with E-state index in [-0.39, 0.29) is 11.8 Å². The van der Waals surface area contributed by atoms with E-state index in [9.17, 15) is 4.79 Å². The van der Waals surface area contributed by atoms with E-state index in [0.29, 0.717) is 11.3 Å². The van der Waals surface area contributed by atoms with E-state index < -0.39 is 0 Å². The predicted molar refractivity (Wildman–Crippen MR) is 54.9 cm³/mol. The van der Waals surface area contributed by atoms with Crippen LogP contribution < -0.4 is 5.32 Å². The number of nitrogens with one attached hydrogen (secondary N) is 1. The molecule has 0 aromatic heterocycles. The maximum absolute atomic E-state index is 11.0. The van der Waals surface area contributed by atoms with E-state index in [1.807, 2.05) is 6.07 Å². The average Bonchev–Trinajstić information content (AvgIpc) is 2.18. The minimum Gasteiger partial charge on any atom is -0.374 e. The zero-order chi connectivity index (χ0) is 10.6. The van der Waals surface area contributed by atoms with Crippen molar-refractivity contribution in [3.63, 3.8) is 0 Å². The van der Waals surface area contributed by atoms with Gasteiger partial charge in [0.1, 0.15) is 6.07 Å². The van der Waals surface area contributed by atoms with Gasteiger partial charge in [-0.15, -0.1) is 0 Å². The summed E-state index contributed by atoms with van der Waals surface area (Å²) in [7, 11) is 0. The summed E-state index contributed by atoms with van der Waals surface area (Å²) in [6.07, 6.45) is 0. The second-order valence-electron chi connectivity index (χ2n) is 3.13. The van der Waals surface area contributed by atoms with Crippen molar-refractivity contribution >= 4 is 11.5 Å². The molecule has 0 aliphatic carbocycles. The highest BCUT2D eigenvalue weighted by Gasteiger charge is 2.08. The molecule has 0 saturated carbocycles. The van der Waals surface area contributed by atoms with Crippen molar-refractivity contribution < 1.29 is 4.79 Å². The molecule has 0 saturated heterocycles. The normalized spacial score (nSPS) is 11.5. The van der Waals surface area contributed by atoms with Crippen LogP contribution in [0.2, 0.25) is 0 Å². The summed E-state index contributed by atoms with van der Waals surface area (Å²) in [5.41, 5.74) is 1.26. The maximum Gasteiger partial charge on any atom is 0.151 e. The maximum atomic E-state index is 11.0. The van der Waals surface area contributed by atoms with Crippen molar-refractivity contribution in [3.8, 4) is 6.07 Å². The monoisotopic (exact) mass is 188 g/mol. The molecule has 1 aromatic carbocycles. The molecule has 0 bridgehead atoms. The molecule has 1 rings (SSSR count). The second-order valence-corrected chi connectivity index (χ2v) is 3.13. The van der Waals surface area contributed by atoms with Crippen LogP contribution >= 0.6 is 0 Å². The molecule has 1 aromatic rings. The first-order valence-electron chi connectivity index (χ1n) is 4.41. The number of hydrogen-bond acceptors (Lipinski definition) is 3. The van der Waals surface area contributed by atoms with E-state index in [0.717, 1.165) is 0 Å². The van der Waals surface area contributed by atoms with E-state index in [1.165, 1.54) is 6.92 Å². The average molecular weight is 188 g/mol. The summed E-state index contributed by atoms with van der Waals surface area (Å²) >= 11 is 0. The molecule has 3 nitrogen and oxygen atoms in total.